The minimum atomic E-state index is -0.0158. The van der Waals surface area contributed by atoms with Gasteiger partial charge in [-0.3, -0.25) is 9.69 Å². The number of likely N-dealkylation sites (tertiary alicyclic amines) is 1. The normalized spacial score (nSPS) is 23.9. The van der Waals surface area contributed by atoms with Crippen molar-refractivity contribution in [2.24, 2.45) is 5.92 Å². The second kappa shape index (κ2) is 9.28. The summed E-state index contributed by atoms with van der Waals surface area (Å²) in [4.78, 5) is 14.8. The highest BCUT2D eigenvalue weighted by Crippen LogP contribution is 2.35. The number of benzene rings is 1. The predicted octanol–water partition coefficient (Wildman–Crippen LogP) is 5.40. The summed E-state index contributed by atoms with van der Waals surface area (Å²) in [5, 5.41) is 3.83. The van der Waals surface area contributed by atoms with Crippen molar-refractivity contribution >= 4 is 47.2 Å². The van der Waals surface area contributed by atoms with Crippen molar-refractivity contribution in [2.45, 2.75) is 51.0 Å². The van der Waals surface area contributed by atoms with E-state index in [9.17, 15) is 4.79 Å². The van der Waals surface area contributed by atoms with E-state index in [0.717, 1.165) is 19.0 Å². The fourth-order valence-electron chi connectivity index (χ4n) is 4.07. The molecule has 134 valence electrons. The van der Waals surface area contributed by atoms with Crippen LogP contribution >= 0.6 is 35.6 Å². The molecule has 0 spiro atoms. The summed E-state index contributed by atoms with van der Waals surface area (Å²) >= 11 is 12.2. The highest BCUT2D eigenvalue weighted by molar-refractivity contribution is 6.39. The Bertz CT molecular complexity index is 545. The summed E-state index contributed by atoms with van der Waals surface area (Å²) < 4.78 is 0. The standard InChI is InChI=1S/C18H24Cl2N2O.ClH/c19-14-7-3-8-15(20)18(14)21-17(23)10-12-22-11-4-6-13-5-1-2-9-16(13)22;/h3,7-8,13,16H,1-2,4-6,9-12H2,(H,21,23);1H/t13-,16+;/m1./s1. The van der Waals surface area contributed by atoms with Gasteiger partial charge in [-0.2, -0.15) is 0 Å². The summed E-state index contributed by atoms with van der Waals surface area (Å²) in [6.45, 7) is 1.95. The molecule has 1 aliphatic heterocycles. The van der Waals surface area contributed by atoms with E-state index in [-0.39, 0.29) is 18.3 Å². The fraction of sp³-hybridized carbons (Fsp3) is 0.611. The molecule has 1 amide bonds. The molecule has 3 nitrogen and oxygen atoms in total. The van der Waals surface area contributed by atoms with E-state index in [1.165, 1.54) is 38.5 Å². The molecule has 1 aromatic carbocycles. The smallest absolute Gasteiger partial charge is 0.225 e. The van der Waals surface area contributed by atoms with Gasteiger partial charge in [0.1, 0.15) is 0 Å². The maximum Gasteiger partial charge on any atom is 0.225 e. The molecule has 6 heteroatoms. The van der Waals surface area contributed by atoms with Crippen LogP contribution in [0.25, 0.3) is 0 Å². The molecule has 2 aliphatic rings. The van der Waals surface area contributed by atoms with Gasteiger partial charge < -0.3 is 5.32 Å². The Morgan fingerprint density at radius 1 is 1.12 bits per heavy atom. The monoisotopic (exact) mass is 390 g/mol. The maximum atomic E-state index is 12.3. The van der Waals surface area contributed by atoms with Gasteiger partial charge in [0.2, 0.25) is 5.91 Å². The van der Waals surface area contributed by atoms with Gasteiger partial charge in [0.05, 0.1) is 15.7 Å². The SMILES string of the molecule is Cl.O=C(CCN1CCC[C@H]2CCCC[C@@H]21)Nc1c(Cl)cccc1Cl. The van der Waals surface area contributed by atoms with Crippen molar-refractivity contribution in [2.75, 3.05) is 18.4 Å². The van der Waals surface area contributed by atoms with Gasteiger partial charge in [-0.1, -0.05) is 42.1 Å². The summed E-state index contributed by atoms with van der Waals surface area (Å²) in [6, 6.07) is 5.94. The molecule has 1 saturated carbocycles. The predicted molar refractivity (Wildman–Crippen MR) is 104 cm³/mol. The molecule has 1 saturated heterocycles. The second-order valence-corrected chi connectivity index (χ2v) is 7.50. The van der Waals surface area contributed by atoms with Crippen LogP contribution in [0.2, 0.25) is 10.0 Å². The molecule has 0 radical (unpaired) electrons. The lowest BCUT2D eigenvalue weighted by molar-refractivity contribution is -0.116. The van der Waals surface area contributed by atoms with Crippen LogP contribution in [0.5, 0.6) is 0 Å². The van der Waals surface area contributed by atoms with Gasteiger partial charge in [0.25, 0.3) is 0 Å². The average molecular weight is 392 g/mol. The van der Waals surface area contributed by atoms with Crippen LogP contribution in [0, 0.1) is 5.92 Å². The van der Waals surface area contributed by atoms with Crippen LogP contribution in [0.4, 0.5) is 5.69 Å². The molecule has 2 fully saturated rings. The van der Waals surface area contributed by atoms with Crippen LogP contribution in [-0.2, 0) is 4.79 Å². The molecule has 0 aromatic heterocycles. The Morgan fingerprint density at radius 3 is 2.54 bits per heavy atom. The Morgan fingerprint density at radius 2 is 1.79 bits per heavy atom. The Kier molecular flexibility index (Phi) is 7.67. The number of anilines is 1. The first-order valence-electron chi connectivity index (χ1n) is 8.63. The van der Waals surface area contributed by atoms with Crippen molar-refractivity contribution < 1.29 is 4.79 Å². The third kappa shape index (κ3) is 4.78. The minimum absolute atomic E-state index is 0. The first kappa shape index (κ1) is 19.8. The number of carbonyl (C=O) groups is 1. The topological polar surface area (TPSA) is 32.3 Å². The molecule has 1 N–H and O–H groups in total. The molecule has 0 unspecified atom stereocenters. The molecule has 3 rings (SSSR count). The Hall–Kier alpha value is -0.480. The third-order valence-corrected chi connectivity index (χ3v) is 5.84. The van der Waals surface area contributed by atoms with Crippen LogP contribution in [0.1, 0.15) is 44.9 Å². The van der Waals surface area contributed by atoms with E-state index < -0.39 is 0 Å². The van der Waals surface area contributed by atoms with Crippen LogP contribution in [0.3, 0.4) is 0 Å². The van der Waals surface area contributed by atoms with Gasteiger partial charge in [0.15, 0.2) is 0 Å². The number of rotatable bonds is 4. The highest BCUT2D eigenvalue weighted by atomic mass is 35.5. The zero-order valence-corrected chi connectivity index (χ0v) is 16.1. The fourth-order valence-corrected chi connectivity index (χ4v) is 4.56. The maximum absolute atomic E-state index is 12.3. The molecule has 0 bridgehead atoms. The number of piperidine rings is 1. The minimum Gasteiger partial charge on any atom is -0.324 e. The summed E-state index contributed by atoms with van der Waals surface area (Å²) in [7, 11) is 0. The number of nitrogens with one attached hydrogen (secondary N) is 1. The second-order valence-electron chi connectivity index (χ2n) is 6.68. The third-order valence-electron chi connectivity index (χ3n) is 5.21. The lowest BCUT2D eigenvalue weighted by Crippen LogP contribution is -2.47. The molecule has 2 atom stereocenters. The Balaban J connectivity index is 0.00000208. The lowest BCUT2D eigenvalue weighted by atomic mass is 9.78. The van der Waals surface area contributed by atoms with Crippen LogP contribution in [0.15, 0.2) is 18.2 Å². The number of para-hydroxylation sites is 1. The molecular formula is C18H25Cl3N2O. The van der Waals surface area contributed by atoms with Crippen molar-refractivity contribution in [3.8, 4) is 0 Å². The number of hydrogen-bond donors (Lipinski definition) is 1. The van der Waals surface area contributed by atoms with E-state index in [0.29, 0.717) is 28.2 Å². The van der Waals surface area contributed by atoms with Crippen molar-refractivity contribution in [1.29, 1.82) is 0 Å². The zero-order chi connectivity index (χ0) is 16.2. The summed E-state index contributed by atoms with van der Waals surface area (Å²) in [5.74, 6) is 0.830. The van der Waals surface area contributed by atoms with E-state index in [1.54, 1.807) is 18.2 Å². The van der Waals surface area contributed by atoms with Crippen LogP contribution < -0.4 is 5.32 Å². The lowest BCUT2D eigenvalue weighted by Gasteiger charge is -2.44. The zero-order valence-electron chi connectivity index (χ0n) is 13.8. The highest BCUT2D eigenvalue weighted by Gasteiger charge is 2.32. The molecule has 1 aromatic rings. The molecule has 1 aliphatic carbocycles. The number of hydrogen-bond acceptors (Lipinski definition) is 2. The van der Waals surface area contributed by atoms with Crippen molar-refractivity contribution in [3.05, 3.63) is 28.2 Å². The summed E-state index contributed by atoms with van der Waals surface area (Å²) in [6.07, 6.45) is 8.48. The number of nitrogens with zero attached hydrogens (tertiary/aromatic N) is 1. The van der Waals surface area contributed by atoms with E-state index >= 15 is 0 Å². The molecule has 24 heavy (non-hydrogen) atoms. The number of fused-ring (bicyclic) bond motifs is 1. The number of amides is 1. The van der Waals surface area contributed by atoms with Crippen molar-refractivity contribution in [3.63, 3.8) is 0 Å². The van der Waals surface area contributed by atoms with Gasteiger partial charge in [-0.25, -0.2) is 0 Å². The molecular weight excluding hydrogens is 367 g/mol. The van der Waals surface area contributed by atoms with Gasteiger partial charge in [-0.15, -0.1) is 12.4 Å². The van der Waals surface area contributed by atoms with Gasteiger partial charge in [-0.05, 0) is 50.3 Å². The number of halogens is 3. The summed E-state index contributed by atoms with van der Waals surface area (Å²) in [5.41, 5.74) is 0.523. The van der Waals surface area contributed by atoms with Crippen molar-refractivity contribution in [1.82, 2.24) is 4.90 Å². The first-order chi connectivity index (χ1) is 11.1. The molecule has 1 heterocycles. The quantitative estimate of drug-likeness (QED) is 0.745. The average Bonchev–Trinajstić information content (AvgIpc) is 2.56. The van der Waals surface area contributed by atoms with Crippen LogP contribution in [-0.4, -0.2) is 29.9 Å². The van der Waals surface area contributed by atoms with E-state index in [1.807, 2.05) is 0 Å². The van der Waals surface area contributed by atoms with Gasteiger partial charge in [0, 0.05) is 19.0 Å². The van der Waals surface area contributed by atoms with E-state index in [2.05, 4.69) is 10.2 Å². The van der Waals surface area contributed by atoms with Gasteiger partial charge >= 0.3 is 0 Å². The first-order valence-corrected chi connectivity index (χ1v) is 9.38. The largest absolute Gasteiger partial charge is 0.324 e. The number of carbonyl (C=O) groups excluding carboxylic acids is 1. The van der Waals surface area contributed by atoms with E-state index in [4.69, 9.17) is 23.2 Å². The Labute approximate surface area is 160 Å².